The molecule has 0 saturated carbocycles. The van der Waals surface area contributed by atoms with Crippen LogP contribution in [0.3, 0.4) is 0 Å². The van der Waals surface area contributed by atoms with Gasteiger partial charge in [-0.3, -0.25) is 4.79 Å². The number of hydrogen-bond acceptors (Lipinski definition) is 11. The maximum atomic E-state index is 12.8. The fourth-order valence-electron chi connectivity index (χ4n) is 5.87. The molecule has 2 N–H and O–H groups in total. The van der Waals surface area contributed by atoms with Crippen molar-refractivity contribution in [2.75, 3.05) is 24.5 Å². The first-order valence-electron chi connectivity index (χ1n) is 15.3. The van der Waals surface area contributed by atoms with Crippen LogP contribution in [0.2, 0.25) is 0 Å². The number of benzene rings is 2. The quantitative estimate of drug-likeness (QED) is 0.0739. The molecule has 13 nitrogen and oxygen atoms in total. The van der Waals surface area contributed by atoms with Crippen LogP contribution in [0, 0.1) is 5.92 Å². The van der Waals surface area contributed by atoms with Gasteiger partial charge in [0.15, 0.2) is 6.54 Å². The summed E-state index contributed by atoms with van der Waals surface area (Å²) in [6.07, 6.45) is 6.72. The molecule has 2 unspecified atom stereocenters. The van der Waals surface area contributed by atoms with Crippen molar-refractivity contribution in [2.45, 2.75) is 56.1 Å². The minimum absolute atomic E-state index is 0. The topological polar surface area (TPSA) is 208 Å². The van der Waals surface area contributed by atoms with Crippen molar-refractivity contribution in [2.24, 2.45) is 5.92 Å². The second kappa shape index (κ2) is 16.1. The molecule has 1 aliphatic rings. The third-order valence-corrected chi connectivity index (χ3v) is 11.2. The van der Waals surface area contributed by atoms with Gasteiger partial charge in [-0.2, -0.15) is 0 Å². The second-order valence-electron chi connectivity index (χ2n) is 11.7. The van der Waals surface area contributed by atoms with Gasteiger partial charge in [0.25, 0.3) is 0 Å². The number of rotatable bonds is 15. The molecule has 16 heteroatoms. The molecular weight excluding hydrogens is 687 g/mol. The number of carboxylic acids is 1. The van der Waals surface area contributed by atoms with Gasteiger partial charge in [0, 0.05) is 42.9 Å². The van der Waals surface area contributed by atoms with E-state index in [4.69, 9.17) is 9.52 Å². The van der Waals surface area contributed by atoms with E-state index in [9.17, 15) is 40.6 Å². The Morgan fingerprint density at radius 3 is 2.41 bits per heavy atom. The largest absolute Gasteiger partial charge is 1.00 e. The third-order valence-electron chi connectivity index (χ3n) is 8.74. The molecule has 2 aromatic carbocycles. The number of nitrogens with zero attached hydrogens (tertiary/aromatic N) is 2. The smallest absolute Gasteiger partial charge is 0.748 e. The molecule has 0 spiro atoms. The van der Waals surface area contributed by atoms with Crippen LogP contribution in [0.4, 0.5) is 11.4 Å². The summed E-state index contributed by atoms with van der Waals surface area (Å²) in [5, 5.41) is 20.4. The molecular formula is C33H37N2NaO11S2. The average Bonchev–Trinajstić information content (AvgIpc) is 3.41. The molecule has 49 heavy (non-hydrogen) atoms. The summed E-state index contributed by atoms with van der Waals surface area (Å²) in [5.41, 5.74) is 1.09. The standard InChI is InChI=1S/C33H38N2O11S2.Na/c1-4-34(5-2)24-12-14-26-29(20-24)46-32(39)27(31(26)38)10-7-6-9-23(33(3,48(43,44)45)17-8-11-30(36)37)21-35-18-16-22-19-25(47(40,41)42)13-15-28(22)35;/h6-7,9-10,12-15,18-20,23H,4-5,8,11,16-17,21H2,1-3H3,(H3-,36,37,38,39,40,41,42,43,44,45);/q;+1/p-1. The Kier molecular flexibility index (Phi) is 13.2. The minimum Gasteiger partial charge on any atom is -0.748 e. The summed E-state index contributed by atoms with van der Waals surface area (Å²) in [6.45, 7) is 6.60. The Balaban J connectivity index is 0.00000650. The van der Waals surface area contributed by atoms with Crippen LogP contribution in [0.25, 0.3) is 17.0 Å². The van der Waals surface area contributed by atoms with Gasteiger partial charge in [-0.05, 0) is 64.0 Å². The fourth-order valence-corrected chi connectivity index (χ4v) is 7.31. The number of hydrogen-bond donors (Lipinski definition) is 2. The summed E-state index contributed by atoms with van der Waals surface area (Å²) in [6, 6.07) is 8.92. The molecule has 2 atom stereocenters. The molecule has 0 radical (unpaired) electrons. The first-order chi connectivity index (χ1) is 22.5. The number of aliphatic carboxylic acids is 1. The van der Waals surface area contributed by atoms with E-state index in [1.807, 2.05) is 13.8 Å². The van der Waals surface area contributed by atoms with E-state index in [0.717, 1.165) is 24.8 Å². The zero-order chi connectivity index (χ0) is 35.4. The van der Waals surface area contributed by atoms with E-state index < -0.39 is 47.4 Å². The Morgan fingerprint density at radius 2 is 1.80 bits per heavy atom. The van der Waals surface area contributed by atoms with Crippen molar-refractivity contribution in [1.82, 2.24) is 0 Å². The summed E-state index contributed by atoms with van der Waals surface area (Å²) in [7, 11) is -9.74. The van der Waals surface area contributed by atoms with Crippen molar-refractivity contribution >= 4 is 60.8 Å². The number of aromatic hydroxyl groups is 1. The second-order valence-corrected chi connectivity index (χ2v) is 14.9. The predicted molar refractivity (Wildman–Crippen MR) is 178 cm³/mol. The summed E-state index contributed by atoms with van der Waals surface area (Å²) < 4.78 is 77.9. The molecule has 2 heterocycles. The third kappa shape index (κ3) is 9.08. The zero-order valence-electron chi connectivity index (χ0n) is 27.7. The number of fused-ring (bicyclic) bond motifs is 2. The van der Waals surface area contributed by atoms with Crippen LogP contribution in [0.1, 0.15) is 51.2 Å². The van der Waals surface area contributed by atoms with Gasteiger partial charge in [0.1, 0.15) is 43.3 Å². The van der Waals surface area contributed by atoms with Crippen LogP contribution in [0.5, 0.6) is 5.75 Å². The average molecular weight is 725 g/mol. The van der Waals surface area contributed by atoms with Gasteiger partial charge in [0.05, 0.1) is 27.4 Å². The first-order valence-corrected chi connectivity index (χ1v) is 18.1. The van der Waals surface area contributed by atoms with E-state index in [-0.39, 0.29) is 78.7 Å². The molecule has 1 aliphatic heterocycles. The number of allylic oxidation sites excluding steroid dienone is 2. The van der Waals surface area contributed by atoms with Crippen molar-refractivity contribution in [1.29, 1.82) is 0 Å². The van der Waals surface area contributed by atoms with E-state index in [1.165, 1.54) is 43.4 Å². The van der Waals surface area contributed by atoms with Gasteiger partial charge in [-0.25, -0.2) is 26.2 Å². The Hall–Kier alpha value is -3.31. The summed E-state index contributed by atoms with van der Waals surface area (Å²) >= 11 is 0. The van der Waals surface area contributed by atoms with Gasteiger partial charge < -0.3 is 28.6 Å². The Labute approximate surface area is 307 Å². The zero-order valence-corrected chi connectivity index (χ0v) is 31.3. The van der Waals surface area contributed by atoms with E-state index in [1.54, 1.807) is 29.0 Å². The SMILES string of the molecule is CCN(CC)c1ccc2c(O)c(C=CC=CC(C[N+]3=CCc4cc(S(=O)(=O)[O-])ccc43)C(C)(CCCC(=O)O)S(=O)(=O)[O-])c(=O)oc2c1.[Na+]. The molecule has 0 aliphatic carbocycles. The molecule has 0 saturated heterocycles. The Morgan fingerprint density at radius 1 is 1.10 bits per heavy atom. The molecule has 0 amide bonds. The van der Waals surface area contributed by atoms with Crippen molar-refractivity contribution < 1.29 is 79.5 Å². The molecule has 1 aromatic heterocycles. The molecule has 3 aromatic rings. The van der Waals surface area contributed by atoms with Crippen molar-refractivity contribution in [3.8, 4) is 5.75 Å². The van der Waals surface area contributed by atoms with Crippen LogP contribution >= 0.6 is 0 Å². The van der Waals surface area contributed by atoms with Gasteiger partial charge in [-0.15, -0.1) is 0 Å². The normalized spacial score (nSPS) is 15.2. The molecule has 258 valence electrons. The predicted octanol–water partition coefficient (Wildman–Crippen LogP) is 0.968. The molecule has 0 fully saturated rings. The van der Waals surface area contributed by atoms with Crippen LogP contribution in [-0.2, 0) is 31.5 Å². The maximum absolute atomic E-state index is 12.8. The van der Waals surface area contributed by atoms with Crippen molar-refractivity contribution in [3.05, 3.63) is 76.2 Å². The molecule has 0 bridgehead atoms. The van der Waals surface area contributed by atoms with Gasteiger partial charge in [-0.1, -0.05) is 18.2 Å². The van der Waals surface area contributed by atoms with Crippen LogP contribution in [0.15, 0.2) is 68.7 Å². The number of anilines is 1. The fraction of sp³-hybridized carbons (Fsp3) is 0.364. The Bertz CT molecular complexity index is 2090. The number of carbonyl (C=O) groups is 1. The van der Waals surface area contributed by atoms with Crippen LogP contribution in [-0.4, -0.2) is 77.3 Å². The van der Waals surface area contributed by atoms with Crippen molar-refractivity contribution in [3.63, 3.8) is 0 Å². The van der Waals surface area contributed by atoms with E-state index >= 15 is 0 Å². The van der Waals surface area contributed by atoms with Crippen LogP contribution < -0.4 is 40.1 Å². The summed E-state index contributed by atoms with van der Waals surface area (Å²) in [4.78, 5) is 25.7. The first kappa shape index (κ1) is 40.1. The van der Waals surface area contributed by atoms with Gasteiger partial charge >= 0.3 is 41.2 Å². The van der Waals surface area contributed by atoms with E-state index in [2.05, 4.69) is 4.90 Å². The minimum atomic E-state index is -5.04. The maximum Gasteiger partial charge on any atom is 1.00 e. The van der Waals surface area contributed by atoms with E-state index in [0.29, 0.717) is 16.6 Å². The number of carboxylic acid groups (broad SMARTS) is 1. The van der Waals surface area contributed by atoms with Gasteiger partial charge in [0.2, 0.25) is 5.69 Å². The summed E-state index contributed by atoms with van der Waals surface area (Å²) in [5.74, 6) is -2.50. The molecule has 4 rings (SSSR count). The monoisotopic (exact) mass is 724 g/mol.